The number of nitrogens with zero attached hydrogens (tertiary/aromatic N) is 1. The van der Waals surface area contributed by atoms with Crippen LogP contribution in [0.1, 0.15) is 53.4 Å². The van der Waals surface area contributed by atoms with E-state index in [-0.39, 0.29) is 6.04 Å². The lowest BCUT2D eigenvalue weighted by Crippen LogP contribution is -2.45. The number of nitrogens with one attached hydrogen (secondary N) is 1. The Morgan fingerprint density at radius 3 is 2.53 bits per heavy atom. The van der Waals surface area contributed by atoms with Gasteiger partial charge in [-0.05, 0) is 45.1 Å². The highest BCUT2D eigenvalue weighted by molar-refractivity contribution is 7.89. The quantitative estimate of drug-likeness (QED) is 0.731. The predicted molar refractivity (Wildman–Crippen MR) is 80.7 cm³/mol. The fraction of sp³-hybridized carbons (Fsp3) is 1.00. The molecule has 2 unspecified atom stereocenters. The Hall–Kier alpha value is -0.130. The van der Waals surface area contributed by atoms with Crippen molar-refractivity contribution in [2.24, 2.45) is 5.92 Å². The van der Waals surface area contributed by atoms with Crippen molar-refractivity contribution in [1.29, 1.82) is 0 Å². The maximum absolute atomic E-state index is 12.3. The summed E-state index contributed by atoms with van der Waals surface area (Å²) in [5.74, 6) is 0.947. The highest BCUT2D eigenvalue weighted by atomic mass is 32.2. The molecule has 1 aliphatic rings. The third kappa shape index (κ3) is 5.79. The molecule has 0 radical (unpaired) electrons. The van der Waals surface area contributed by atoms with Crippen LogP contribution in [0.3, 0.4) is 0 Å². The Balaban J connectivity index is 2.35. The van der Waals surface area contributed by atoms with E-state index in [0.717, 1.165) is 32.2 Å². The van der Waals surface area contributed by atoms with Gasteiger partial charge in [0.15, 0.2) is 0 Å². The van der Waals surface area contributed by atoms with E-state index in [2.05, 4.69) is 26.1 Å². The standard InChI is InChI=1S/C14H30N2O2S/c1-12(2)15-8-5-6-10-19(17,18)16-9-7-13(3)11-14(16)4/h12-15H,5-11H2,1-4H3. The molecule has 0 amide bonds. The van der Waals surface area contributed by atoms with Crippen LogP contribution in [0.15, 0.2) is 0 Å². The second kappa shape index (κ2) is 7.60. The summed E-state index contributed by atoms with van der Waals surface area (Å²) in [6.07, 6.45) is 3.67. The monoisotopic (exact) mass is 290 g/mol. The molecule has 19 heavy (non-hydrogen) atoms. The van der Waals surface area contributed by atoms with Crippen molar-refractivity contribution in [3.8, 4) is 0 Å². The lowest BCUT2D eigenvalue weighted by atomic mass is 9.95. The maximum Gasteiger partial charge on any atom is 0.214 e. The minimum atomic E-state index is -3.05. The molecule has 114 valence electrons. The van der Waals surface area contributed by atoms with E-state index >= 15 is 0 Å². The maximum atomic E-state index is 12.3. The van der Waals surface area contributed by atoms with Gasteiger partial charge in [-0.25, -0.2) is 8.42 Å². The number of piperidine rings is 1. The summed E-state index contributed by atoms with van der Waals surface area (Å²) >= 11 is 0. The molecule has 0 saturated carbocycles. The molecule has 1 N–H and O–H groups in total. The topological polar surface area (TPSA) is 49.4 Å². The molecule has 4 nitrogen and oxygen atoms in total. The second-order valence-corrected chi connectivity index (χ2v) is 8.26. The van der Waals surface area contributed by atoms with Crippen LogP contribution in [0.2, 0.25) is 0 Å². The van der Waals surface area contributed by atoms with Crippen LogP contribution in [0.25, 0.3) is 0 Å². The van der Waals surface area contributed by atoms with E-state index < -0.39 is 10.0 Å². The summed E-state index contributed by atoms with van der Waals surface area (Å²) in [5, 5.41) is 3.32. The van der Waals surface area contributed by atoms with E-state index in [0.29, 0.717) is 24.3 Å². The average Bonchev–Trinajstić information content (AvgIpc) is 2.27. The van der Waals surface area contributed by atoms with Crippen LogP contribution in [0.5, 0.6) is 0 Å². The zero-order chi connectivity index (χ0) is 14.5. The molecule has 1 rings (SSSR count). The Kier molecular flexibility index (Phi) is 6.77. The van der Waals surface area contributed by atoms with Gasteiger partial charge in [-0.15, -0.1) is 0 Å². The molecule has 1 fully saturated rings. The van der Waals surface area contributed by atoms with Crippen LogP contribution in [-0.2, 0) is 10.0 Å². The van der Waals surface area contributed by atoms with Gasteiger partial charge in [-0.1, -0.05) is 20.8 Å². The van der Waals surface area contributed by atoms with E-state index in [9.17, 15) is 8.42 Å². The molecule has 5 heteroatoms. The lowest BCUT2D eigenvalue weighted by Gasteiger charge is -2.35. The van der Waals surface area contributed by atoms with Crippen molar-refractivity contribution >= 4 is 10.0 Å². The van der Waals surface area contributed by atoms with Crippen LogP contribution in [0, 0.1) is 5.92 Å². The molecular weight excluding hydrogens is 260 g/mol. The van der Waals surface area contributed by atoms with Gasteiger partial charge in [0.05, 0.1) is 5.75 Å². The molecule has 0 aliphatic carbocycles. The Morgan fingerprint density at radius 1 is 1.26 bits per heavy atom. The lowest BCUT2D eigenvalue weighted by molar-refractivity contribution is 0.220. The fourth-order valence-electron chi connectivity index (χ4n) is 2.72. The molecule has 0 aromatic carbocycles. The summed E-state index contributed by atoms with van der Waals surface area (Å²) in [6.45, 7) is 10.1. The summed E-state index contributed by atoms with van der Waals surface area (Å²) in [7, 11) is -3.05. The minimum Gasteiger partial charge on any atom is -0.315 e. The van der Waals surface area contributed by atoms with Crippen molar-refractivity contribution < 1.29 is 8.42 Å². The van der Waals surface area contributed by atoms with Gasteiger partial charge in [-0.2, -0.15) is 4.31 Å². The number of hydrogen-bond acceptors (Lipinski definition) is 3. The molecule has 1 saturated heterocycles. The minimum absolute atomic E-state index is 0.169. The summed E-state index contributed by atoms with van der Waals surface area (Å²) in [4.78, 5) is 0. The van der Waals surface area contributed by atoms with Gasteiger partial charge >= 0.3 is 0 Å². The molecule has 0 spiro atoms. The third-order valence-electron chi connectivity index (χ3n) is 3.82. The predicted octanol–water partition coefficient (Wildman–Crippen LogP) is 2.21. The highest BCUT2D eigenvalue weighted by Gasteiger charge is 2.31. The first-order valence-corrected chi connectivity index (χ1v) is 9.16. The first kappa shape index (κ1) is 16.9. The van der Waals surface area contributed by atoms with Crippen molar-refractivity contribution in [2.45, 2.75) is 65.5 Å². The SMILES string of the molecule is CC1CCN(S(=O)(=O)CCCCNC(C)C)C(C)C1. The van der Waals surface area contributed by atoms with E-state index in [1.54, 1.807) is 4.31 Å². The van der Waals surface area contributed by atoms with Gasteiger partial charge in [0.25, 0.3) is 0 Å². The Bertz CT molecular complexity index is 354. The normalized spacial score (nSPS) is 25.9. The van der Waals surface area contributed by atoms with E-state index in [1.807, 2.05) is 6.92 Å². The van der Waals surface area contributed by atoms with Crippen LogP contribution in [0.4, 0.5) is 0 Å². The number of sulfonamides is 1. The number of rotatable bonds is 7. The largest absolute Gasteiger partial charge is 0.315 e. The smallest absolute Gasteiger partial charge is 0.214 e. The van der Waals surface area contributed by atoms with E-state index in [1.165, 1.54) is 0 Å². The van der Waals surface area contributed by atoms with Crippen LogP contribution in [-0.4, -0.2) is 43.6 Å². The first-order valence-electron chi connectivity index (χ1n) is 7.56. The average molecular weight is 290 g/mol. The zero-order valence-electron chi connectivity index (χ0n) is 12.9. The molecule has 2 atom stereocenters. The first-order chi connectivity index (χ1) is 8.83. The van der Waals surface area contributed by atoms with Gasteiger partial charge in [-0.3, -0.25) is 0 Å². The molecule has 0 bridgehead atoms. The molecule has 1 heterocycles. The van der Waals surface area contributed by atoms with Crippen molar-refractivity contribution in [2.75, 3.05) is 18.8 Å². The second-order valence-electron chi connectivity index (χ2n) is 6.22. The highest BCUT2D eigenvalue weighted by Crippen LogP contribution is 2.25. The summed E-state index contributed by atoms with van der Waals surface area (Å²) in [5.41, 5.74) is 0. The summed E-state index contributed by atoms with van der Waals surface area (Å²) < 4.78 is 26.3. The van der Waals surface area contributed by atoms with Crippen molar-refractivity contribution in [3.05, 3.63) is 0 Å². The third-order valence-corrected chi connectivity index (χ3v) is 5.88. The fourth-order valence-corrected chi connectivity index (χ4v) is 4.54. The molecule has 0 aromatic rings. The zero-order valence-corrected chi connectivity index (χ0v) is 13.7. The van der Waals surface area contributed by atoms with Crippen molar-refractivity contribution in [3.63, 3.8) is 0 Å². The van der Waals surface area contributed by atoms with Gasteiger partial charge in [0.1, 0.15) is 0 Å². The molecule has 1 aliphatic heterocycles. The van der Waals surface area contributed by atoms with Crippen LogP contribution < -0.4 is 5.32 Å². The molecular formula is C14H30N2O2S. The molecule has 0 aromatic heterocycles. The van der Waals surface area contributed by atoms with E-state index in [4.69, 9.17) is 0 Å². The Labute approximate surface area is 119 Å². The van der Waals surface area contributed by atoms with Gasteiger partial charge in [0.2, 0.25) is 10.0 Å². The van der Waals surface area contributed by atoms with Gasteiger partial charge in [0, 0.05) is 18.6 Å². The summed E-state index contributed by atoms with van der Waals surface area (Å²) in [6, 6.07) is 0.641. The number of unbranched alkanes of at least 4 members (excludes halogenated alkanes) is 1. The number of hydrogen-bond donors (Lipinski definition) is 1. The Morgan fingerprint density at radius 2 is 1.95 bits per heavy atom. The van der Waals surface area contributed by atoms with Gasteiger partial charge < -0.3 is 5.32 Å². The van der Waals surface area contributed by atoms with Crippen molar-refractivity contribution in [1.82, 2.24) is 9.62 Å². The van der Waals surface area contributed by atoms with Crippen LogP contribution >= 0.6 is 0 Å².